The highest BCUT2D eigenvalue weighted by Gasteiger charge is 2.31. The monoisotopic (exact) mass is 493 g/mol. The molecule has 1 aliphatic heterocycles. The average Bonchev–Trinajstić information content (AvgIpc) is 2.84. The van der Waals surface area contributed by atoms with Gasteiger partial charge in [0.2, 0.25) is 0 Å². The van der Waals surface area contributed by atoms with E-state index in [1.165, 1.54) is 18.2 Å². The Morgan fingerprint density at radius 3 is 2.58 bits per heavy atom. The molecule has 5 rings (SSSR count). The van der Waals surface area contributed by atoms with E-state index in [1.54, 1.807) is 30.5 Å². The van der Waals surface area contributed by atoms with Crippen molar-refractivity contribution in [2.24, 2.45) is 0 Å². The highest BCUT2D eigenvalue weighted by atomic mass is 19.4. The molecule has 0 bridgehead atoms. The minimum atomic E-state index is -4.75. The zero-order valence-electron chi connectivity index (χ0n) is 19.0. The molecule has 0 radical (unpaired) electrons. The molecule has 0 fully saturated rings. The fourth-order valence-corrected chi connectivity index (χ4v) is 4.19. The van der Waals surface area contributed by atoms with Crippen molar-refractivity contribution >= 4 is 5.69 Å². The third kappa shape index (κ3) is 5.38. The minimum Gasteiger partial charge on any atom is -0.406 e. The van der Waals surface area contributed by atoms with Gasteiger partial charge in [-0.05, 0) is 48.0 Å². The summed E-state index contributed by atoms with van der Waals surface area (Å²) in [7, 11) is 0. The molecule has 3 N–H and O–H groups in total. The van der Waals surface area contributed by atoms with E-state index in [4.69, 9.17) is 5.73 Å². The molecule has 3 heterocycles. The summed E-state index contributed by atoms with van der Waals surface area (Å²) in [6.07, 6.45) is -2.43. The number of anilines is 1. The third-order valence-electron chi connectivity index (χ3n) is 5.93. The zero-order valence-corrected chi connectivity index (χ0v) is 19.0. The number of fused-ring (bicyclic) bond motifs is 1. The van der Waals surface area contributed by atoms with E-state index in [1.807, 2.05) is 18.2 Å². The number of alkyl halides is 3. The van der Waals surface area contributed by atoms with Gasteiger partial charge in [-0.2, -0.15) is 0 Å². The number of hydrogen-bond donors (Lipinski definition) is 2. The molecular formula is C26H22F3N5O2. The van der Waals surface area contributed by atoms with E-state index in [2.05, 4.69) is 24.6 Å². The van der Waals surface area contributed by atoms with Crippen molar-refractivity contribution in [1.29, 1.82) is 0 Å². The largest absolute Gasteiger partial charge is 0.573 e. The van der Waals surface area contributed by atoms with E-state index < -0.39 is 6.36 Å². The molecule has 0 spiro atoms. The molecule has 2 aromatic carbocycles. The molecule has 36 heavy (non-hydrogen) atoms. The normalized spacial score (nSPS) is 13.9. The van der Waals surface area contributed by atoms with Gasteiger partial charge in [0.15, 0.2) is 0 Å². The first-order valence-corrected chi connectivity index (χ1v) is 11.2. The molecule has 184 valence electrons. The van der Waals surface area contributed by atoms with Crippen LogP contribution in [0, 0.1) is 0 Å². The number of aromatic amines is 1. The second-order valence-electron chi connectivity index (χ2n) is 8.55. The van der Waals surface area contributed by atoms with E-state index in [0.717, 1.165) is 23.4 Å². The first-order chi connectivity index (χ1) is 17.2. The summed E-state index contributed by atoms with van der Waals surface area (Å²) < 4.78 is 41.5. The van der Waals surface area contributed by atoms with Crippen LogP contribution in [0.3, 0.4) is 0 Å². The molecule has 4 aromatic rings. The fourth-order valence-electron chi connectivity index (χ4n) is 4.19. The SMILES string of the molecule is Nc1ccc(-c2nc3c(c(=O)[nH]2)CN(Cc2ccc(-c4cccc(OC(F)(F)F)c4)nc2)CC3)cc1. The van der Waals surface area contributed by atoms with Crippen LogP contribution in [0.4, 0.5) is 18.9 Å². The van der Waals surface area contributed by atoms with Gasteiger partial charge in [-0.3, -0.25) is 14.7 Å². The Bertz CT molecular complexity index is 1430. The van der Waals surface area contributed by atoms with Crippen LogP contribution < -0.4 is 16.0 Å². The second kappa shape index (κ2) is 9.46. The number of nitrogens with one attached hydrogen (secondary N) is 1. The lowest BCUT2D eigenvalue weighted by atomic mass is 10.1. The standard InChI is InChI=1S/C26H22F3N5O2/c27-26(28,29)36-20-3-1-2-18(12-20)22-9-4-16(13-31-22)14-34-11-10-23-21(15-34)25(35)33-24(32-23)17-5-7-19(30)8-6-17/h1-9,12-13H,10-11,14-15,30H2,(H,32,33,35). The van der Waals surface area contributed by atoms with Gasteiger partial charge >= 0.3 is 6.36 Å². The molecule has 0 saturated heterocycles. The highest BCUT2D eigenvalue weighted by Crippen LogP contribution is 2.27. The second-order valence-corrected chi connectivity index (χ2v) is 8.55. The lowest BCUT2D eigenvalue weighted by Crippen LogP contribution is -2.35. The molecule has 7 nitrogen and oxygen atoms in total. The predicted molar refractivity (Wildman–Crippen MR) is 129 cm³/mol. The van der Waals surface area contributed by atoms with Gasteiger partial charge in [0.1, 0.15) is 11.6 Å². The molecule has 0 unspecified atom stereocenters. The molecule has 0 atom stereocenters. The number of pyridine rings is 1. The summed E-state index contributed by atoms with van der Waals surface area (Å²) >= 11 is 0. The van der Waals surface area contributed by atoms with Crippen molar-refractivity contribution in [2.45, 2.75) is 25.9 Å². The lowest BCUT2D eigenvalue weighted by Gasteiger charge is -2.27. The fraction of sp³-hybridized carbons (Fsp3) is 0.192. The maximum atomic E-state index is 12.8. The number of aromatic nitrogens is 3. The van der Waals surface area contributed by atoms with Gasteiger partial charge in [-0.25, -0.2) is 4.98 Å². The number of benzene rings is 2. The topological polar surface area (TPSA) is 97.1 Å². The molecule has 0 amide bonds. The van der Waals surface area contributed by atoms with E-state index >= 15 is 0 Å². The molecular weight excluding hydrogens is 471 g/mol. The van der Waals surface area contributed by atoms with Crippen LogP contribution in [0.25, 0.3) is 22.6 Å². The molecule has 10 heteroatoms. The van der Waals surface area contributed by atoms with E-state index in [-0.39, 0.29) is 11.3 Å². The van der Waals surface area contributed by atoms with Crippen molar-refractivity contribution in [1.82, 2.24) is 19.9 Å². The lowest BCUT2D eigenvalue weighted by molar-refractivity contribution is -0.274. The van der Waals surface area contributed by atoms with Gasteiger partial charge < -0.3 is 15.5 Å². The van der Waals surface area contributed by atoms with Gasteiger partial charge in [-0.1, -0.05) is 18.2 Å². The van der Waals surface area contributed by atoms with Crippen LogP contribution >= 0.6 is 0 Å². The van der Waals surface area contributed by atoms with Crippen molar-refractivity contribution in [2.75, 3.05) is 12.3 Å². The Morgan fingerprint density at radius 1 is 1.06 bits per heavy atom. The number of H-pyrrole nitrogens is 1. The Balaban J connectivity index is 1.28. The number of ether oxygens (including phenoxy) is 1. The summed E-state index contributed by atoms with van der Waals surface area (Å²) in [4.78, 5) is 26.9. The van der Waals surface area contributed by atoms with Crippen molar-refractivity contribution < 1.29 is 17.9 Å². The number of hydrogen-bond acceptors (Lipinski definition) is 6. The Hall–Kier alpha value is -4.18. The Kier molecular flexibility index (Phi) is 6.19. The van der Waals surface area contributed by atoms with Crippen LogP contribution in [0.2, 0.25) is 0 Å². The first kappa shape index (κ1) is 23.6. The molecule has 2 aromatic heterocycles. The van der Waals surface area contributed by atoms with Crippen LogP contribution in [-0.2, 0) is 19.5 Å². The van der Waals surface area contributed by atoms with Gasteiger partial charge in [0.05, 0.1) is 17.0 Å². The first-order valence-electron chi connectivity index (χ1n) is 11.2. The number of halogens is 3. The summed E-state index contributed by atoms with van der Waals surface area (Å²) in [6.45, 7) is 1.75. The van der Waals surface area contributed by atoms with Crippen LogP contribution in [0.5, 0.6) is 5.75 Å². The highest BCUT2D eigenvalue weighted by molar-refractivity contribution is 5.61. The van der Waals surface area contributed by atoms with E-state index in [0.29, 0.717) is 47.8 Å². The Labute approximate surface area is 204 Å². The quantitative estimate of drug-likeness (QED) is 0.397. The van der Waals surface area contributed by atoms with Gasteiger partial charge in [0.25, 0.3) is 5.56 Å². The summed E-state index contributed by atoms with van der Waals surface area (Å²) in [6, 6.07) is 16.5. The maximum Gasteiger partial charge on any atom is 0.573 e. The minimum absolute atomic E-state index is 0.161. The van der Waals surface area contributed by atoms with Crippen LogP contribution in [0.1, 0.15) is 16.8 Å². The number of rotatable bonds is 5. The summed E-state index contributed by atoms with van der Waals surface area (Å²) in [5, 5.41) is 0. The van der Waals surface area contributed by atoms with Crippen molar-refractivity contribution in [3.8, 4) is 28.4 Å². The van der Waals surface area contributed by atoms with Crippen molar-refractivity contribution in [3.05, 3.63) is 94.0 Å². The zero-order chi connectivity index (χ0) is 25.3. The predicted octanol–water partition coefficient (Wildman–Crippen LogP) is 4.54. The Morgan fingerprint density at radius 2 is 1.86 bits per heavy atom. The number of nitrogens with zero attached hydrogens (tertiary/aromatic N) is 3. The molecule has 1 aliphatic rings. The van der Waals surface area contributed by atoms with E-state index in [9.17, 15) is 18.0 Å². The summed E-state index contributed by atoms with van der Waals surface area (Å²) in [5.41, 5.74) is 10.4. The maximum absolute atomic E-state index is 12.8. The van der Waals surface area contributed by atoms with Crippen LogP contribution in [-0.4, -0.2) is 32.8 Å². The molecule has 0 saturated carbocycles. The average molecular weight is 493 g/mol. The molecule has 0 aliphatic carbocycles. The summed E-state index contributed by atoms with van der Waals surface area (Å²) in [5.74, 6) is 0.230. The van der Waals surface area contributed by atoms with Gasteiger partial charge in [0, 0.05) is 49.1 Å². The van der Waals surface area contributed by atoms with Crippen LogP contribution in [0.15, 0.2) is 71.7 Å². The van der Waals surface area contributed by atoms with Gasteiger partial charge in [-0.15, -0.1) is 13.2 Å². The van der Waals surface area contributed by atoms with Crippen molar-refractivity contribution in [3.63, 3.8) is 0 Å². The number of nitrogens with two attached hydrogens (primary N) is 1. The number of nitrogen functional groups attached to an aromatic ring is 1. The smallest absolute Gasteiger partial charge is 0.406 e. The third-order valence-corrected chi connectivity index (χ3v) is 5.93.